The van der Waals surface area contributed by atoms with Gasteiger partial charge in [0.2, 0.25) is 17.8 Å². The molecule has 0 radical (unpaired) electrons. The van der Waals surface area contributed by atoms with E-state index < -0.39 is 0 Å². The van der Waals surface area contributed by atoms with Crippen molar-refractivity contribution in [3.63, 3.8) is 0 Å². The molecule has 1 aromatic heterocycles. The Kier molecular flexibility index (Phi) is 4.93. The van der Waals surface area contributed by atoms with Crippen molar-refractivity contribution in [2.75, 3.05) is 43.7 Å². The molecular weight excluding hydrogens is 204 g/mol. The van der Waals surface area contributed by atoms with Crippen LogP contribution in [0.2, 0.25) is 0 Å². The Hall–Kier alpha value is -1.30. The summed E-state index contributed by atoms with van der Waals surface area (Å²) in [5.74, 6) is 1.75. The maximum absolute atomic E-state index is 4.15. The largest absolute Gasteiger partial charge is 0.357 e. The molecule has 0 unspecified atom stereocenters. The molecule has 1 heterocycles. The molecule has 80 valence electrons. The van der Waals surface area contributed by atoms with Crippen LogP contribution in [0.25, 0.3) is 0 Å². The zero-order chi connectivity index (χ0) is 9.84. The number of halogens is 1. The van der Waals surface area contributed by atoms with Gasteiger partial charge in [-0.25, -0.2) is 0 Å². The summed E-state index contributed by atoms with van der Waals surface area (Å²) in [5.41, 5.74) is 0. The van der Waals surface area contributed by atoms with Crippen molar-refractivity contribution in [2.24, 2.45) is 0 Å². The van der Waals surface area contributed by atoms with Gasteiger partial charge in [0.1, 0.15) is 0 Å². The van der Waals surface area contributed by atoms with E-state index in [4.69, 9.17) is 0 Å². The molecule has 7 heteroatoms. The first kappa shape index (κ1) is 12.7. The van der Waals surface area contributed by atoms with Gasteiger partial charge in [0.25, 0.3) is 0 Å². The third kappa shape index (κ3) is 2.88. The first-order valence-electron chi connectivity index (χ1n) is 3.96. The predicted molar refractivity (Wildman–Crippen MR) is 60.5 cm³/mol. The summed E-state index contributed by atoms with van der Waals surface area (Å²) in [5, 5.41) is 5.74. The fourth-order valence-corrected chi connectivity index (χ4v) is 0.788. The zero-order valence-corrected chi connectivity index (χ0v) is 9.51. The van der Waals surface area contributed by atoms with E-state index in [2.05, 4.69) is 25.6 Å². The van der Waals surface area contributed by atoms with Crippen molar-refractivity contribution in [3.8, 4) is 0 Å². The maximum Gasteiger partial charge on any atom is 0.231 e. The van der Waals surface area contributed by atoms with Crippen LogP contribution in [0.15, 0.2) is 0 Å². The third-order valence-electron chi connectivity index (χ3n) is 1.47. The summed E-state index contributed by atoms with van der Waals surface area (Å²) < 4.78 is 0. The Morgan fingerprint density at radius 1 is 0.929 bits per heavy atom. The lowest BCUT2D eigenvalue weighted by Gasteiger charge is -2.11. The van der Waals surface area contributed by atoms with Gasteiger partial charge in [-0.05, 0) is 0 Å². The number of hydrogen-bond donors (Lipinski definition) is 2. The van der Waals surface area contributed by atoms with Crippen LogP contribution < -0.4 is 15.5 Å². The summed E-state index contributed by atoms with van der Waals surface area (Å²) in [6.45, 7) is 0. The highest BCUT2D eigenvalue weighted by Crippen LogP contribution is 2.09. The lowest BCUT2D eigenvalue weighted by molar-refractivity contribution is 0.960. The van der Waals surface area contributed by atoms with E-state index in [1.165, 1.54) is 0 Å². The van der Waals surface area contributed by atoms with Gasteiger partial charge in [0, 0.05) is 28.2 Å². The van der Waals surface area contributed by atoms with Crippen LogP contribution in [0.4, 0.5) is 17.8 Å². The molecule has 0 atom stereocenters. The van der Waals surface area contributed by atoms with E-state index in [1.54, 1.807) is 14.1 Å². The zero-order valence-electron chi connectivity index (χ0n) is 8.70. The smallest absolute Gasteiger partial charge is 0.231 e. The number of nitrogens with one attached hydrogen (secondary N) is 2. The van der Waals surface area contributed by atoms with Crippen LogP contribution in [0.3, 0.4) is 0 Å². The highest BCUT2D eigenvalue weighted by atomic mass is 35.5. The standard InChI is InChI=1S/C7H14N6.ClH/c1-8-5-10-6(9-2)12-7(11-5)13(3)4;/h1-4H3,(H2,8,9,10,11,12);1H. The van der Waals surface area contributed by atoms with Crippen LogP contribution in [0.5, 0.6) is 0 Å². The molecule has 0 fully saturated rings. The molecule has 1 aromatic rings. The van der Waals surface area contributed by atoms with Crippen LogP contribution >= 0.6 is 12.4 Å². The molecule has 0 aliphatic heterocycles. The second-order valence-corrected chi connectivity index (χ2v) is 2.68. The van der Waals surface area contributed by atoms with E-state index in [0.717, 1.165) is 0 Å². The van der Waals surface area contributed by atoms with Crippen LogP contribution in [0.1, 0.15) is 0 Å². The topological polar surface area (TPSA) is 66.0 Å². The van der Waals surface area contributed by atoms with Crippen LogP contribution in [-0.4, -0.2) is 43.1 Å². The highest BCUT2D eigenvalue weighted by Gasteiger charge is 2.04. The lowest BCUT2D eigenvalue weighted by atomic mass is 10.7. The summed E-state index contributed by atoms with van der Waals surface area (Å²) in [6, 6.07) is 0. The Labute approximate surface area is 89.6 Å². The first-order chi connectivity index (χ1) is 6.17. The second-order valence-electron chi connectivity index (χ2n) is 2.68. The molecule has 0 aliphatic rings. The highest BCUT2D eigenvalue weighted by molar-refractivity contribution is 5.85. The summed E-state index contributed by atoms with van der Waals surface area (Å²) >= 11 is 0. The minimum Gasteiger partial charge on any atom is -0.357 e. The van der Waals surface area contributed by atoms with Crippen molar-refractivity contribution in [3.05, 3.63) is 0 Å². The van der Waals surface area contributed by atoms with E-state index in [-0.39, 0.29) is 12.4 Å². The molecule has 1 rings (SSSR count). The molecule has 0 saturated carbocycles. The van der Waals surface area contributed by atoms with E-state index in [9.17, 15) is 0 Å². The van der Waals surface area contributed by atoms with Gasteiger partial charge in [-0.1, -0.05) is 0 Å². The molecule has 0 aromatic carbocycles. The fraction of sp³-hybridized carbons (Fsp3) is 0.571. The lowest BCUT2D eigenvalue weighted by Crippen LogP contribution is -2.15. The maximum atomic E-state index is 4.15. The number of aromatic nitrogens is 3. The molecule has 6 nitrogen and oxygen atoms in total. The van der Waals surface area contributed by atoms with Gasteiger partial charge >= 0.3 is 0 Å². The minimum absolute atomic E-state index is 0. The Balaban J connectivity index is 0.00000169. The quantitative estimate of drug-likeness (QED) is 0.768. The monoisotopic (exact) mass is 218 g/mol. The average molecular weight is 219 g/mol. The van der Waals surface area contributed by atoms with Gasteiger partial charge in [-0.15, -0.1) is 12.4 Å². The first-order valence-corrected chi connectivity index (χ1v) is 3.96. The summed E-state index contributed by atoms with van der Waals surface area (Å²) in [6.07, 6.45) is 0. The van der Waals surface area contributed by atoms with Gasteiger partial charge in [-0.2, -0.15) is 15.0 Å². The van der Waals surface area contributed by atoms with E-state index >= 15 is 0 Å². The molecule has 14 heavy (non-hydrogen) atoms. The van der Waals surface area contributed by atoms with Gasteiger partial charge in [-0.3, -0.25) is 0 Å². The number of nitrogens with zero attached hydrogens (tertiary/aromatic N) is 4. The predicted octanol–water partition coefficient (Wildman–Crippen LogP) is 0.443. The van der Waals surface area contributed by atoms with Gasteiger partial charge in [0.15, 0.2) is 0 Å². The number of rotatable bonds is 3. The van der Waals surface area contributed by atoms with Gasteiger partial charge < -0.3 is 15.5 Å². The van der Waals surface area contributed by atoms with E-state index in [0.29, 0.717) is 17.8 Å². The molecule has 2 N–H and O–H groups in total. The van der Waals surface area contributed by atoms with Crippen molar-refractivity contribution < 1.29 is 0 Å². The van der Waals surface area contributed by atoms with E-state index in [1.807, 2.05) is 19.0 Å². The van der Waals surface area contributed by atoms with Crippen molar-refractivity contribution in [2.45, 2.75) is 0 Å². The second kappa shape index (κ2) is 5.43. The van der Waals surface area contributed by atoms with Crippen molar-refractivity contribution in [1.82, 2.24) is 15.0 Å². The Bertz CT molecular complexity index is 267. The fourth-order valence-electron chi connectivity index (χ4n) is 0.788. The normalized spacial score (nSPS) is 8.86. The summed E-state index contributed by atoms with van der Waals surface area (Å²) in [4.78, 5) is 14.2. The van der Waals surface area contributed by atoms with Crippen LogP contribution in [-0.2, 0) is 0 Å². The molecule has 0 saturated heterocycles. The number of anilines is 3. The van der Waals surface area contributed by atoms with Gasteiger partial charge in [0.05, 0.1) is 0 Å². The minimum atomic E-state index is 0. The number of hydrogen-bond acceptors (Lipinski definition) is 6. The SMILES string of the molecule is CNc1nc(NC)nc(N(C)C)n1.Cl. The van der Waals surface area contributed by atoms with Crippen LogP contribution in [0, 0.1) is 0 Å². The Morgan fingerprint density at radius 3 is 1.64 bits per heavy atom. The Morgan fingerprint density at radius 2 is 1.36 bits per heavy atom. The summed E-state index contributed by atoms with van der Waals surface area (Å²) in [7, 11) is 7.31. The molecular formula is C7H15ClN6. The average Bonchev–Trinajstić information content (AvgIpc) is 2.16. The molecule has 0 bridgehead atoms. The molecule has 0 aliphatic carbocycles. The molecule has 0 amide bonds. The molecule has 0 spiro atoms. The van der Waals surface area contributed by atoms with Crippen molar-refractivity contribution >= 4 is 30.3 Å². The van der Waals surface area contributed by atoms with Crippen molar-refractivity contribution in [1.29, 1.82) is 0 Å². The third-order valence-corrected chi connectivity index (χ3v) is 1.47.